The summed E-state index contributed by atoms with van der Waals surface area (Å²) in [5.74, 6) is 1.51. The van der Waals surface area contributed by atoms with Crippen molar-refractivity contribution < 1.29 is 9.47 Å². The summed E-state index contributed by atoms with van der Waals surface area (Å²) in [6.45, 7) is 4.67. The van der Waals surface area contributed by atoms with Gasteiger partial charge in [0.15, 0.2) is 11.5 Å². The number of benzene rings is 2. The Labute approximate surface area is 148 Å². The van der Waals surface area contributed by atoms with Gasteiger partial charge in [0.1, 0.15) is 0 Å². The molecule has 0 amide bonds. The molecule has 2 aromatic carbocycles. The fourth-order valence-corrected chi connectivity index (χ4v) is 2.79. The Bertz CT molecular complexity index is 627. The standard InChI is InChI=1S/C17H19Br2NO2/c1-11(2)22-17-12(8-14(19)9-16(17)21-3)10-20-15-6-4-13(18)5-7-15/h4-9,11,20H,10H2,1-3H3. The third kappa shape index (κ3) is 4.65. The van der Waals surface area contributed by atoms with Crippen LogP contribution in [-0.2, 0) is 6.54 Å². The van der Waals surface area contributed by atoms with Crippen molar-refractivity contribution in [2.45, 2.75) is 26.5 Å². The van der Waals surface area contributed by atoms with Crippen LogP contribution in [-0.4, -0.2) is 13.2 Å². The average Bonchev–Trinajstić information content (AvgIpc) is 2.48. The summed E-state index contributed by atoms with van der Waals surface area (Å²) in [5.41, 5.74) is 2.10. The second kappa shape index (κ2) is 7.88. The normalized spacial score (nSPS) is 10.6. The third-order valence-electron chi connectivity index (χ3n) is 3.00. The third-order valence-corrected chi connectivity index (χ3v) is 3.98. The van der Waals surface area contributed by atoms with Crippen LogP contribution in [0.25, 0.3) is 0 Å². The quantitative estimate of drug-likeness (QED) is 0.647. The molecule has 2 rings (SSSR count). The Balaban J connectivity index is 2.24. The Morgan fingerprint density at radius 2 is 1.73 bits per heavy atom. The predicted molar refractivity (Wildman–Crippen MR) is 97.9 cm³/mol. The van der Waals surface area contributed by atoms with Crippen molar-refractivity contribution in [1.29, 1.82) is 0 Å². The molecule has 5 heteroatoms. The lowest BCUT2D eigenvalue weighted by molar-refractivity contribution is 0.228. The molecule has 0 spiro atoms. The summed E-state index contributed by atoms with van der Waals surface area (Å²) in [6.07, 6.45) is 0.0847. The van der Waals surface area contributed by atoms with E-state index in [9.17, 15) is 0 Å². The van der Waals surface area contributed by atoms with Gasteiger partial charge in [-0.25, -0.2) is 0 Å². The lowest BCUT2D eigenvalue weighted by Gasteiger charge is -2.18. The minimum Gasteiger partial charge on any atom is -0.493 e. The molecule has 22 heavy (non-hydrogen) atoms. The Hall–Kier alpha value is -1.20. The highest BCUT2D eigenvalue weighted by atomic mass is 79.9. The van der Waals surface area contributed by atoms with Crippen molar-refractivity contribution in [2.75, 3.05) is 12.4 Å². The molecule has 118 valence electrons. The highest BCUT2D eigenvalue weighted by Crippen LogP contribution is 2.36. The molecule has 0 bridgehead atoms. The summed E-state index contributed by atoms with van der Waals surface area (Å²) in [7, 11) is 1.65. The summed E-state index contributed by atoms with van der Waals surface area (Å²) >= 11 is 6.96. The molecule has 2 aromatic rings. The smallest absolute Gasteiger partial charge is 0.166 e. The van der Waals surface area contributed by atoms with Gasteiger partial charge in [-0.05, 0) is 50.2 Å². The van der Waals surface area contributed by atoms with Gasteiger partial charge in [-0.3, -0.25) is 0 Å². The Morgan fingerprint density at radius 3 is 2.32 bits per heavy atom. The van der Waals surface area contributed by atoms with Gasteiger partial charge in [0.05, 0.1) is 13.2 Å². The van der Waals surface area contributed by atoms with E-state index in [2.05, 4.69) is 37.2 Å². The molecule has 0 atom stereocenters. The molecule has 0 saturated carbocycles. The van der Waals surface area contributed by atoms with Crippen LogP contribution < -0.4 is 14.8 Å². The topological polar surface area (TPSA) is 30.5 Å². The Morgan fingerprint density at radius 1 is 1.05 bits per heavy atom. The zero-order valence-electron chi connectivity index (χ0n) is 12.8. The first-order valence-corrected chi connectivity index (χ1v) is 8.60. The van der Waals surface area contributed by atoms with E-state index in [0.717, 1.165) is 31.7 Å². The van der Waals surface area contributed by atoms with Gasteiger partial charge in [0.25, 0.3) is 0 Å². The molecule has 1 N–H and O–H groups in total. The van der Waals surface area contributed by atoms with Crippen molar-refractivity contribution >= 4 is 37.5 Å². The highest BCUT2D eigenvalue weighted by Gasteiger charge is 2.14. The zero-order chi connectivity index (χ0) is 16.1. The fourth-order valence-electron chi connectivity index (χ4n) is 2.04. The van der Waals surface area contributed by atoms with Crippen molar-refractivity contribution in [3.63, 3.8) is 0 Å². The van der Waals surface area contributed by atoms with E-state index in [-0.39, 0.29) is 6.10 Å². The molecule has 3 nitrogen and oxygen atoms in total. The van der Waals surface area contributed by atoms with Crippen molar-refractivity contribution in [3.8, 4) is 11.5 Å². The summed E-state index contributed by atoms with van der Waals surface area (Å²) in [6, 6.07) is 12.0. The predicted octanol–water partition coefficient (Wildman–Crippen LogP) is 5.62. The number of hydrogen-bond donors (Lipinski definition) is 1. The highest BCUT2D eigenvalue weighted by molar-refractivity contribution is 9.10. The van der Waals surface area contributed by atoms with Gasteiger partial charge < -0.3 is 14.8 Å². The number of methoxy groups -OCH3 is 1. The van der Waals surface area contributed by atoms with E-state index in [1.807, 2.05) is 50.2 Å². The molecule has 0 aliphatic carbocycles. The molecule has 0 aliphatic rings. The van der Waals surface area contributed by atoms with Crippen molar-refractivity contribution in [2.24, 2.45) is 0 Å². The number of halogens is 2. The van der Waals surface area contributed by atoms with Crippen LogP contribution in [0.1, 0.15) is 19.4 Å². The molecule has 0 radical (unpaired) electrons. The second-order valence-corrected chi connectivity index (χ2v) is 6.95. The number of rotatable bonds is 6. The van der Waals surface area contributed by atoms with Crippen LogP contribution >= 0.6 is 31.9 Å². The molecular formula is C17H19Br2NO2. The van der Waals surface area contributed by atoms with E-state index in [1.165, 1.54) is 0 Å². The second-order valence-electron chi connectivity index (χ2n) is 5.12. The maximum absolute atomic E-state index is 5.94. The lowest BCUT2D eigenvalue weighted by Crippen LogP contribution is -2.10. The number of ether oxygens (including phenoxy) is 2. The molecule has 0 unspecified atom stereocenters. The van der Waals surface area contributed by atoms with Crippen LogP contribution in [0.5, 0.6) is 11.5 Å². The SMILES string of the molecule is COc1cc(Br)cc(CNc2ccc(Br)cc2)c1OC(C)C. The van der Waals surface area contributed by atoms with E-state index >= 15 is 0 Å². The summed E-state index contributed by atoms with van der Waals surface area (Å²) in [5, 5.41) is 3.40. The average molecular weight is 429 g/mol. The van der Waals surface area contributed by atoms with E-state index in [1.54, 1.807) is 7.11 Å². The van der Waals surface area contributed by atoms with Crippen molar-refractivity contribution in [3.05, 3.63) is 50.9 Å². The molecular weight excluding hydrogens is 410 g/mol. The van der Waals surface area contributed by atoms with Crippen LogP contribution in [0.3, 0.4) is 0 Å². The van der Waals surface area contributed by atoms with Crippen LogP contribution in [0.4, 0.5) is 5.69 Å². The van der Waals surface area contributed by atoms with E-state index in [4.69, 9.17) is 9.47 Å². The molecule has 0 aliphatic heterocycles. The molecule has 0 heterocycles. The minimum atomic E-state index is 0.0847. The number of hydrogen-bond acceptors (Lipinski definition) is 3. The monoisotopic (exact) mass is 427 g/mol. The Kier molecular flexibility index (Phi) is 6.15. The van der Waals surface area contributed by atoms with Crippen LogP contribution in [0, 0.1) is 0 Å². The van der Waals surface area contributed by atoms with Gasteiger partial charge in [-0.1, -0.05) is 31.9 Å². The number of anilines is 1. The van der Waals surface area contributed by atoms with E-state index < -0.39 is 0 Å². The summed E-state index contributed by atoms with van der Waals surface area (Å²) in [4.78, 5) is 0. The largest absolute Gasteiger partial charge is 0.493 e. The first-order valence-electron chi connectivity index (χ1n) is 7.02. The first-order chi connectivity index (χ1) is 10.5. The van der Waals surface area contributed by atoms with Crippen LogP contribution in [0.2, 0.25) is 0 Å². The van der Waals surface area contributed by atoms with Gasteiger partial charge in [-0.2, -0.15) is 0 Å². The first kappa shape index (κ1) is 17.2. The van der Waals surface area contributed by atoms with Gasteiger partial charge in [-0.15, -0.1) is 0 Å². The fraction of sp³-hybridized carbons (Fsp3) is 0.294. The lowest BCUT2D eigenvalue weighted by atomic mass is 10.1. The van der Waals surface area contributed by atoms with Gasteiger partial charge >= 0.3 is 0 Å². The summed E-state index contributed by atoms with van der Waals surface area (Å²) < 4.78 is 13.4. The minimum absolute atomic E-state index is 0.0847. The molecule has 0 fully saturated rings. The van der Waals surface area contributed by atoms with Gasteiger partial charge in [0, 0.05) is 26.7 Å². The maximum Gasteiger partial charge on any atom is 0.166 e. The van der Waals surface area contributed by atoms with Crippen LogP contribution in [0.15, 0.2) is 45.3 Å². The van der Waals surface area contributed by atoms with Crippen molar-refractivity contribution in [1.82, 2.24) is 0 Å². The molecule has 0 aromatic heterocycles. The van der Waals surface area contributed by atoms with E-state index in [0.29, 0.717) is 6.54 Å². The maximum atomic E-state index is 5.94. The number of nitrogens with one attached hydrogen (secondary N) is 1. The van der Waals surface area contributed by atoms with Gasteiger partial charge in [0.2, 0.25) is 0 Å². The zero-order valence-corrected chi connectivity index (χ0v) is 16.0. The molecule has 0 saturated heterocycles.